The zero-order valence-electron chi connectivity index (χ0n) is 10.7. The summed E-state index contributed by atoms with van der Waals surface area (Å²) >= 11 is 0. The molecule has 0 radical (unpaired) electrons. The van der Waals surface area contributed by atoms with Crippen LogP contribution in [0.4, 0.5) is 0 Å². The van der Waals surface area contributed by atoms with Crippen LogP contribution in [0.5, 0.6) is 0 Å². The van der Waals surface area contributed by atoms with Crippen LogP contribution in [0.1, 0.15) is 44.9 Å². The second-order valence-electron chi connectivity index (χ2n) is 6.24. The van der Waals surface area contributed by atoms with E-state index in [1.165, 1.54) is 25.7 Å². The van der Waals surface area contributed by atoms with Crippen molar-refractivity contribution in [1.82, 2.24) is 0 Å². The molecule has 2 atom stereocenters. The first kappa shape index (κ1) is 11.9. The summed E-state index contributed by atoms with van der Waals surface area (Å²) in [5.41, 5.74) is 6.51. The average molecular weight is 239 g/mol. The van der Waals surface area contributed by atoms with Crippen LogP contribution in [0.3, 0.4) is 0 Å². The third-order valence-corrected chi connectivity index (χ3v) is 4.84. The van der Waals surface area contributed by atoms with Crippen LogP contribution >= 0.6 is 0 Å². The highest BCUT2D eigenvalue weighted by Crippen LogP contribution is 2.41. The van der Waals surface area contributed by atoms with E-state index in [1.54, 1.807) is 0 Å². The predicted molar refractivity (Wildman–Crippen MR) is 66.8 cm³/mol. The molecular formula is C14H25NO2. The van der Waals surface area contributed by atoms with Gasteiger partial charge in [-0.15, -0.1) is 0 Å². The van der Waals surface area contributed by atoms with Gasteiger partial charge in [0.05, 0.1) is 5.60 Å². The molecule has 98 valence electrons. The maximum absolute atomic E-state index is 6.39. The first-order valence-corrected chi connectivity index (χ1v) is 7.25. The molecule has 0 aromatic rings. The Morgan fingerprint density at radius 1 is 1.12 bits per heavy atom. The van der Waals surface area contributed by atoms with E-state index in [0.29, 0.717) is 12.0 Å². The SMILES string of the molecule is NC(CC1CC1)C1CCOC2(CCOCC2)C1. The number of ether oxygens (including phenoxy) is 2. The standard InChI is InChI=1S/C14H25NO2/c15-13(9-11-1-2-11)12-3-6-17-14(10-12)4-7-16-8-5-14/h11-13H,1-10,15H2. The van der Waals surface area contributed by atoms with Crippen molar-refractivity contribution in [3.63, 3.8) is 0 Å². The minimum absolute atomic E-state index is 0.113. The lowest BCUT2D eigenvalue weighted by Gasteiger charge is -2.44. The van der Waals surface area contributed by atoms with Crippen LogP contribution in [-0.2, 0) is 9.47 Å². The molecule has 3 rings (SSSR count). The van der Waals surface area contributed by atoms with E-state index in [1.807, 2.05) is 0 Å². The molecule has 0 aromatic carbocycles. The van der Waals surface area contributed by atoms with Gasteiger partial charge in [-0.25, -0.2) is 0 Å². The van der Waals surface area contributed by atoms with Gasteiger partial charge in [0, 0.05) is 25.9 Å². The Bertz CT molecular complexity index is 253. The maximum atomic E-state index is 6.39. The molecule has 1 aliphatic carbocycles. The van der Waals surface area contributed by atoms with E-state index in [4.69, 9.17) is 15.2 Å². The Morgan fingerprint density at radius 3 is 2.59 bits per heavy atom. The van der Waals surface area contributed by atoms with Crippen LogP contribution in [0, 0.1) is 11.8 Å². The van der Waals surface area contributed by atoms with Gasteiger partial charge in [0.1, 0.15) is 0 Å². The smallest absolute Gasteiger partial charge is 0.0729 e. The molecular weight excluding hydrogens is 214 g/mol. The van der Waals surface area contributed by atoms with Crippen molar-refractivity contribution in [2.45, 2.75) is 56.6 Å². The van der Waals surface area contributed by atoms with Crippen molar-refractivity contribution in [2.75, 3.05) is 19.8 Å². The van der Waals surface area contributed by atoms with Gasteiger partial charge < -0.3 is 15.2 Å². The molecule has 1 saturated carbocycles. The summed E-state index contributed by atoms with van der Waals surface area (Å²) in [6.07, 6.45) is 8.54. The fourth-order valence-electron chi connectivity index (χ4n) is 3.45. The van der Waals surface area contributed by atoms with Gasteiger partial charge in [0.2, 0.25) is 0 Å². The second-order valence-corrected chi connectivity index (χ2v) is 6.24. The first-order valence-electron chi connectivity index (χ1n) is 7.25. The second kappa shape index (κ2) is 4.87. The van der Waals surface area contributed by atoms with E-state index >= 15 is 0 Å². The monoisotopic (exact) mass is 239 g/mol. The van der Waals surface area contributed by atoms with Gasteiger partial charge in [0.25, 0.3) is 0 Å². The van der Waals surface area contributed by atoms with Crippen LogP contribution in [0.15, 0.2) is 0 Å². The van der Waals surface area contributed by atoms with Crippen LogP contribution in [-0.4, -0.2) is 31.5 Å². The average Bonchev–Trinajstić information content (AvgIpc) is 3.14. The first-order chi connectivity index (χ1) is 8.27. The largest absolute Gasteiger partial charge is 0.381 e. The minimum Gasteiger partial charge on any atom is -0.381 e. The molecule has 2 aliphatic heterocycles. The van der Waals surface area contributed by atoms with E-state index in [-0.39, 0.29) is 5.60 Å². The molecule has 1 spiro atoms. The van der Waals surface area contributed by atoms with Crippen molar-refractivity contribution >= 4 is 0 Å². The van der Waals surface area contributed by atoms with Gasteiger partial charge in [-0.2, -0.15) is 0 Å². The van der Waals surface area contributed by atoms with Crippen LogP contribution < -0.4 is 5.73 Å². The third-order valence-electron chi connectivity index (χ3n) is 4.84. The molecule has 2 heterocycles. The molecule has 0 aromatic heterocycles. The third kappa shape index (κ3) is 2.83. The molecule has 3 aliphatic rings. The van der Waals surface area contributed by atoms with E-state index < -0.39 is 0 Å². The summed E-state index contributed by atoms with van der Waals surface area (Å²) in [6.45, 7) is 2.64. The van der Waals surface area contributed by atoms with E-state index in [9.17, 15) is 0 Å². The van der Waals surface area contributed by atoms with Gasteiger partial charge in [0.15, 0.2) is 0 Å². The maximum Gasteiger partial charge on any atom is 0.0729 e. The molecule has 3 nitrogen and oxygen atoms in total. The minimum atomic E-state index is 0.113. The molecule has 2 N–H and O–H groups in total. The summed E-state index contributed by atoms with van der Waals surface area (Å²) in [6, 6.07) is 0.408. The Labute approximate surface area is 104 Å². The predicted octanol–water partition coefficient (Wildman–Crippen LogP) is 2.09. The molecule has 3 fully saturated rings. The number of hydrogen-bond donors (Lipinski definition) is 1. The summed E-state index contributed by atoms with van der Waals surface area (Å²) in [4.78, 5) is 0. The van der Waals surface area contributed by atoms with Crippen molar-refractivity contribution in [3.8, 4) is 0 Å². The fraction of sp³-hybridized carbons (Fsp3) is 1.00. The number of hydrogen-bond acceptors (Lipinski definition) is 3. The van der Waals surface area contributed by atoms with Crippen LogP contribution in [0.2, 0.25) is 0 Å². The van der Waals surface area contributed by atoms with Crippen molar-refractivity contribution in [3.05, 3.63) is 0 Å². The highest BCUT2D eigenvalue weighted by molar-refractivity contribution is 4.93. The Balaban J connectivity index is 1.57. The molecule has 17 heavy (non-hydrogen) atoms. The molecule has 0 bridgehead atoms. The lowest BCUT2D eigenvalue weighted by atomic mass is 9.77. The zero-order chi connectivity index (χ0) is 11.7. The van der Waals surface area contributed by atoms with Gasteiger partial charge in [-0.3, -0.25) is 0 Å². The quantitative estimate of drug-likeness (QED) is 0.820. The van der Waals surface area contributed by atoms with Gasteiger partial charge in [-0.1, -0.05) is 12.8 Å². The summed E-state index contributed by atoms with van der Waals surface area (Å²) in [7, 11) is 0. The Morgan fingerprint density at radius 2 is 1.88 bits per heavy atom. The number of rotatable bonds is 3. The van der Waals surface area contributed by atoms with Crippen LogP contribution in [0.25, 0.3) is 0 Å². The van der Waals surface area contributed by atoms with Crippen molar-refractivity contribution in [2.24, 2.45) is 17.6 Å². The zero-order valence-corrected chi connectivity index (χ0v) is 10.7. The Kier molecular flexibility index (Phi) is 3.42. The summed E-state index contributed by atoms with van der Waals surface area (Å²) in [5.74, 6) is 1.63. The fourth-order valence-corrected chi connectivity index (χ4v) is 3.45. The van der Waals surface area contributed by atoms with Crippen molar-refractivity contribution in [1.29, 1.82) is 0 Å². The van der Waals surface area contributed by atoms with Gasteiger partial charge >= 0.3 is 0 Å². The highest BCUT2D eigenvalue weighted by Gasteiger charge is 2.41. The normalized spacial score (nSPS) is 34.8. The molecule has 3 heteroatoms. The number of nitrogens with two attached hydrogens (primary N) is 1. The van der Waals surface area contributed by atoms with Gasteiger partial charge in [-0.05, 0) is 43.9 Å². The highest BCUT2D eigenvalue weighted by atomic mass is 16.5. The summed E-state index contributed by atoms with van der Waals surface area (Å²) in [5, 5.41) is 0. The topological polar surface area (TPSA) is 44.5 Å². The molecule has 0 amide bonds. The molecule has 2 saturated heterocycles. The lowest BCUT2D eigenvalue weighted by molar-refractivity contribution is -0.149. The Hall–Kier alpha value is -0.120. The lowest BCUT2D eigenvalue weighted by Crippen LogP contribution is -2.48. The van der Waals surface area contributed by atoms with E-state index in [2.05, 4.69) is 0 Å². The summed E-state index contributed by atoms with van der Waals surface area (Å²) < 4.78 is 11.5. The van der Waals surface area contributed by atoms with E-state index in [0.717, 1.165) is 45.0 Å². The molecule has 2 unspecified atom stereocenters. The van der Waals surface area contributed by atoms with Crippen molar-refractivity contribution < 1.29 is 9.47 Å².